The van der Waals surface area contributed by atoms with Gasteiger partial charge >= 0.3 is 0 Å². The monoisotopic (exact) mass is 373 g/mol. The number of fused-ring (bicyclic) bond motifs is 2. The molecule has 0 aliphatic rings. The van der Waals surface area contributed by atoms with Crippen LogP contribution in [0.2, 0.25) is 0 Å². The van der Waals surface area contributed by atoms with E-state index in [1.54, 1.807) is 7.11 Å². The molecule has 0 N–H and O–H groups in total. The molecule has 0 unspecified atom stereocenters. The van der Waals surface area contributed by atoms with E-state index in [1.165, 1.54) is 11.1 Å². The largest absolute Gasteiger partial charge is 0.497 e. The Morgan fingerprint density at radius 1 is 1.13 bits per heavy atom. The van der Waals surface area contributed by atoms with Crippen molar-refractivity contribution in [2.75, 3.05) is 12.4 Å². The molecule has 0 aliphatic heterocycles. The first-order chi connectivity index (χ1) is 11.1. The number of pyridine rings is 1. The van der Waals surface area contributed by atoms with Gasteiger partial charge in [-0.1, -0.05) is 22.0 Å². The van der Waals surface area contributed by atoms with Crippen molar-refractivity contribution in [2.24, 2.45) is 0 Å². The summed E-state index contributed by atoms with van der Waals surface area (Å²) < 4.78 is 7.57. The van der Waals surface area contributed by atoms with Gasteiger partial charge in [0, 0.05) is 22.6 Å². The zero-order chi connectivity index (χ0) is 16.6. The highest BCUT2D eigenvalue weighted by Crippen LogP contribution is 2.26. The highest BCUT2D eigenvalue weighted by Gasteiger charge is 2.14. The Labute approximate surface area is 144 Å². The molecule has 3 aromatic rings. The quantitative estimate of drug-likeness (QED) is 0.495. The number of alkyl halides is 1. The molecule has 3 nitrogen and oxygen atoms in total. The van der Waals surface area contributed by atoms with Crippen LogP contribution in [0.25, 0.3) is 21.8 Å². The van der Waals surface area contributed by atoms with Gasteiger partial charge in [0.05, 0.1) is 18.1 Å². The minimum Gasteiger partial charge on any atom is -0.497 e. The zero-order valence-corrected chi connectivity index (χ0v) is 15.2. The summed E-state index contributed by atoms with van der Waals surface area (Å²) in [4.78, 5) is 13.0. The summed E-state index contributed by atoms with van der Waals surface area (Å²) in [5.74, 6) is 0.713. The van der Waals surface area contributed by atoms with Crippen LogP contribution < -0.4 is 10.2 Å². The van der Waals surface area contributed by atoms with Gasteiger partial charge in [-0.15, -0.1) is 0 Å². The molecule has 4 heteroatoms. The van der Waals surface area contributed by atoms with Gasteiger partial charge in [-0.2, -0.15) is 0 Å². The first-order valence-electron chi connectivity index (χ1n) is 7.75. The first kappa shape index (κ1) is 16.1. The third kappa shape index (κ3) is 2.65. The molecule has 1 heterocycles. The highest BCUT2D eigenvalue weighted by molar-refractivity contribution is 9.09. The van der Waals surface area contributed by atoms with Gasteiger partial charge in [-0.25, -0.2) is 0 Å². The predicted octanol–water partition coefficient (Wildman–Crippen LogP) is 4.57. The van der Waals surface area contributed by atoms with E-state index >= 15 is 0 Å². The van der Waals surface area contributed by atoms with Gasteiger partial charge in [-0.05, 0) is 55.7 Å². The summed E-state index contributed by atoms with van der Waals surface area (Å²) in [6, 6.07) is 9.73. The summed E-state index contributed by atoms with van der Waals surface area (Å²) in [7, 11) is 1.62. The molecule has 23 heavy (non-hydrogen) atoms. The molecule has 2 aromatic carbocycles. The summed E-state index contributed by atoms with van der Waals surface area (Å²) in [6.45, 7) is 5.05. The minimum atomic E-state index is 0.0760. The summed E-state index contributed by atoms with van der Waals surface area (Å²) >= 11 is 3.51. The topological polar surface area (TPSA) is 31.2 Å². The lowest BCUT2D eigenvalue weighted by Gasteiger charge is -2.18. The summed E-state index contributed by atoms with van der Waals surface area (Å²) in [5, 5.41) is 2.43. The number of hydrogen-bond donors (Lipinski definition) is 0. The molecule has 0 atom stereocenters. The number of hydrogen-bond acceptors (Lipinski definition) is 2. The third-order valence-electron chi connectivity index (χ3n) is 4.47. The molecule has 0 bridgehead atoms. The molecule has 0 saturated carbocycles. The lowest BCUT2D eigenvalue weighted by Crippen LogP contribution is -2.13. The predicted molar refractivity (Wildman–Crippen MR) is 100 cm³/mol. The van der Waals surface area contributed by atoms with Crippen LogP contribution in [0.5, 0.6) is 5.75 Å². The molecular formula is C19H20BrNO2. The third-order valence-corrected chi connectivity index (χ3v) is 5.03. The van der Waals surface area contributed by atoms with Crippen molar-refractivity contribution in [2.45, 2.75) is 26.8 Å². The van der Waals surface area contributed by atoms with Crippen molar-refractivity contribution in [1.29, 1.82) is 0 Å². The Morgan fingerprint density at radius 2 is 1.91 bits per heavy atom. The van der Waals surface area contributed by atoms with Crippen LogP contribution in [0.4, 0.5) is 0 Å². The van der Waals surface area contributed by atoms with Crippen molar-refractivity contribution in [3.63, 3.8) is 0 Å². The average molecular weight is 374 g/mol. The smallest absolute Gasteiger partial charge is 0.197 e. The van der Waals surface area contributed by atoms with Gasteiger partial charge in [-0.3, -0.25) is 4.79 Å². The second kappa shape index (κ2) is 6.36. The first-order valence-corrected chi connectivity index (χ1v) is 8.87. The summed E-state index contributed by atoms with van der Waals surface area (Å²) in [6.07, 6.45) is 1.01. The van der Waals surface area contributed by atoms with Crippen LogP contribution >= 0.6 is 15.9 Å². The molecule has 3 rings (SSSR count). The Kier molecular flexibility index (Phi) is 4.44. The molecule has 120 valence electrons. The maximum atomic E-state index is 13.0. The van der Waals surface area contributed by atoms with Gasteiger partial charge in [0.15, 0.2) is 5.43 Å². The SMILES string of the molecule is COc1ccc2c(c1)c(=O)c1ccc(C)c(C)c1n2CCCBr. The Hall–Kier alpha value is -1.81. The maximum absolute atomic E-state index is 13.0. The lowest BCUT2D eigenvalue weighted by atomic mass is 10.0. The number of methoxy groups -OCH3 is 1. The fourth-order valence-electron chi connectivity index (χ4n) is 3.11. The standard InChI is InChI=1S/C19H20BrNO2/c1-12-5-7-15-18(13(12)2)21(10-4-9-20)17-8-6-14(23-3)11-16(17)19(15)22/h5-8,11H,4,9-10H2,1-3H3. The Bertz CT molecular complexity index is 944. The van der Waals surface area contributed by atoms with E-state index in [2.05, 4.69) is 34.3 Å². The molecular weight excluding hydrogens is 354 g/mol. The van der Waals surface area contributed by atoms with E-state index < -0.39 is 0 Å². The van der Waals surface area contributed by atoms with Crippen LogP contribution in [0.3, 0.4) is 0 Å². The molecule has 0 amide bonds. The second-order valence-corrected chi connectivity index (χ2v) is 6.60. The van der Waals surface area contributed by atoms with Crippen molar-refractivity contribution < 1.29 is 4.74 Å². The number of ether oxygens (including phenoxy) is 1. The molecule has 0 fully saturated rings. The van der Waals surface area contributed by atoms with Crippen molar-refractivity contribution in [1.82, 2.24) is 4.57 Å². The summed E-state index contributed by atoms with van der Waals surface area (Å²) in [5.41, 5.74) is 4.47. The number of benzene rings is 2. The van der Waals surface area contributed by atoms with Gasteiger partial charge < -0.3 is 9.30 Å². The number of aromatic nitrogens is 1. The Balaban J connectivity index is 2.50. The van der Waals surface area contributed by atoms with Crippen LogP contribution in [0.1, 0.15) is 17.5 Å². The lowest BCUT2D eigenvalue weighted by molar-refractivity contribution is 0.415. The van der Waals surface area contributed by atoms with E-state index in [0.29, 0.717) is 5.75 Å². The number of halogens is 1. The molecule has 1 aromatic heterocycles. The van der Waals surface area contributed by atoms with E-state index in [9.17, 15) is 4.79 Å². The second-order valence-electron chi connectivity index (χ2n) is 5.81. The number of aryl methyl sites for hydroxylation is 3. The van der Waals surface area contributed by atoms with Gasteiger partial charge in [0.2, 0.25) is 0 Å². The van der Waals surface area contributed by atoms with Crippen molar-refractivity contribution in [3.05, 3.63) is 51.7 Å². The van der Waals surface area contributed by atoms with Crippen LogP contribution in [-0.2, 0) is 6.54 Å². The van der Waals surface area contributed by atoms with Gasteiger partial charge in [0.25, 0.3) is 0 Å². The molecule has 0 aliphatic carbocycles. The normalized spacial score (nSPS) is 11.3. The molecule has 0 spiro atoms. The number of nitrogens with zero attached hydrogens (tertiary/aromatic N) is 1. The van der Waals surface area contributed by atoms with Gasteiger partial charge in [0.1, 0.15) is 5.75 Å². The Morgan fingerprint density at radius 3 is 2.61 bits per heavy atom. The van der Waals surface area contributed by atoms with E-state index in [-0.39, 0.29) is 5.43 Å². The highest BCUT2D eigenvalue weighted by atomic mass is 79.9. The fourth-order valence-corrected chi connectivity index (χ4v) is 3.36. The fraction of sp³-hybridized carbons (Fsp3) is 0.316. The van der Waals surface area contributed by atoms with E-state index in [4.69, 9.17) is 4.74 Å². The maximum Gasteiger partial charge on any atom is 0.197 e. The van der Waals surface area contributed by atoms with Crippen molar-refractivity contribution in [3.8, 4) is 5.75 Å². The molecule has 0 saturated heterocycles. The van der Waals surface area contributed by atoms with Crippen LogP contribution in [0, 0.1) is 13.8 Å². The van der Waals surface area contributed by atoms with Crippen LogP contribution in [-0.4, -0.2) is 17.0 Å². The van der Waals surface area contributed by atoms with E-state index in [1.807, 2.05) is 30.3 Å². The zero-order valence-electron chi connectivity index (χ0n) is 13.6. The number of rotatable bonds is 4. The minimum absolute atomic E-state index is 0.0760. The molecule has 0 radical (unpaired) electrons. The van der Waals surface area contributed by atoms with Crippen LogP contribution in [0.15, 0.2) is 35.1 Å². The average Bonchev–Trinajstić information content (AvgIpc) is 2.57. The van der Waals surface area contributed by atoms with E-state index in [0.717, 1.165) is 40.1 Å². The van der Waals surface area contributed by atoms with Crippen molar-refractivity contribution >= 4 is 37.7 Å².